The maximum Gasteiger partial charge on any atom is 0.220 e. The zero-order chi connectivity index (χ0) is 15.3. The van der Waals surface area contributed by atoms with Crippen LogP contribution in [0.15, 0.2) is 24.3 Å². The van der Waals surface area contributed by atoms with Gasteiger partial charge in [0.25, 0.3) is 0 Å². The Morgan fingerprint density at radius 3 is 2.67 bits per heavy atom. The van der Waals surface area contributed by atoms with Crippen LogP contribution in [0.5, 0.6) is 5.75 Å². The molecule has 0 bridgehead atoms. The number of halogens is 1. The van der Waals surface area contributed by atoms with E-state index in [2.05, 4.69) is 5.32 Å². The number of carbonyl (C=O) groups is 1. The van der Waals surface area contributed by atoms with Crippen molar-refractivity contribution in [3.63, 3.8) is 0 Å². The summed E-state index contributed by atoms with van der Waals surface area (Å²) in [5.41, 5.74) is 0. The third-order valence-corrected chi connectivity index (χ3v) is 5.40. The molecule has 116 valence electrons. The molecule has 1 fully saturated rings. The van der Waals surface area contributed by atoms with Gasteiger partial charge < -0.3 is 10.1 Å². The Balaban J connectivity index is 1.62. The van der Waals surface area contributed by atoms with Crippen LogP contribution in [0.2, 0.25) is 5.02 Å². The molecule has 1 aliphatic heterocycles. The topological polar surface area (TPSA) is 72.5 Å². The van der Waals surface area contributed by atoms with Crippen molar-refractivity contribution in [1.29, 1.82) is 0 Å². The van der Waals surface area contributed by atoms with Crippen LogP contribution in [0.4, 0.5) is 0 Å². The Bertz CT molecular complexity index is 585. The smallest absolute Gasteiger partial charge is 0.220 e. The van der Waals surface area contributed by atoms with Crippen molar-refractivity contribution >= 4 is 27.3 Å². The molecule has 0 aliphatic carbocycles. The lowest BCUT2D eigenvalue weighted by atomic mass is 10.1. The van der Waals surface area contributed by atoms with Crippen LogP contribution in [-0.2, 0) is 14.6 Å². The highest BCUT2D eigenvalue weighted by Crippen LogP contribution is 2.21. The predicted octanol–water partition coefficient (Wildman–Crippen LogP) is 1.66. The Kier molecular flexibility index (Phi) is 5.47. The molecule has 0 aromatic heterocycles. The first-order chi connectivity index (χ1) is 9.94. The molecule has 1 saturated heterocycles. The van der Waals surface area contributed by atoms with Crippen molar-refractivity contribution in [3.05, 3.63) is 29.3 Å². The fourth-order valence-corrected chi connectivity index (χ4v) is 4.25. The molecule has 0 spiro atoms. The van der Waals surface area contributed by atoms with Crippen molar-refractivity contribution in [1.82, 2.24) is 5.32 Å². The highest BCUT2D eigenvalue weighted by Gasteiger charge is 2.29. The fraction of sp³-hybridized carbons (Fsp3) is 0.500. The third-order valence-electron chi connectivity index (χ3n) is 3.31. The molecular weight excluding hydrogens is 314 g/mol. The monoisotopic (exact) mass is 331 g/mol. The van der Waals surface area contributed by atoms with Crippen LogP contribution in [0.1, 0.15) is 12.8 Å². The summed E-state index contributed by atoms with van der Waals surface area (Å²) < 4.78 is 28.1. The van der Waals surface area contributed by atoms with Gasteiger partial charge in [-0.1, -0.05) is 11.6 Å². The maximum atomic E-state index is 11.7. The standard InChI is InChI=1S/C14H18ClNO4S/c15-12-1-3-13(4-2-12)20-7-6-16-14(17)9-11-5-8-21(18,19)10-11/h1-4,11H,5-10H2,(H,16,17). The summed E-state index contributed by atoms with van der Waals surface area (Å²) in [5.74, 6) is 0.839. The van der Waals surface area contributed by atoms with Gasteiger partial charge >= 0.3 is 0 Å². The van der Waals surface area contributed by atoms with Crippen LogP contribution in [0, 0.1) is 5.92 Å². The van der Waals surface area contributed by atoms with Gasteiger partial charge in [-0.25, -0.2) is 8.42 Å². The first-order valence-electron chi connectivity index (χ1n) is 6.80. The highest BCUT2D eigenvalue weighted by atomic mass is 35.5. The molecule has 1 heterocycles. The second-order valence-electron chi connectivity index (χ2n) is 5.13. The molecule has 2 rings (SSSR count). The van der Waals surface area contributed by atoms with E-state index in [1.54, 1.807) is 24.3 Å². The lowest BCUT2D eigenvalue weighted by molar-refractivity contribution is -0.121. The Morgan fingerprint density at radius 1 is 1.33 bits per heavy atom. The van der Waals surface area contributed by atoms with Crippen molar-refractivity contribution in [2.45, 2.75) is 12.8 Å². The summed E-state index contributed by atoms with van der Waals surface area (Å²) >= 11 is 5.76. The molecule has 1 aromatic rings. The molecule has 1 aromatic carbocycles. The van der Waals surface area contributed by atoms with Gasteiger partial charge in [-0.2, -0.15) is 0 Å². The lowest BCUT2D eigenvalue weighted by Gasteiger charge is -2.10. The first kappa shape index (κ1) is 16.1. The van der Waals surface area contributed by atoms with Crippen molar-refractivity contribution in [3.8, 4) is 5.75 Å². The number of ether oxygens (including phenoxy) is 1. The Hall–Kier alpha value is -1.27. The van der Waals surface area contributed by atoms with Gasteiger partial charge in [0.2, 0.25) is 5.91 Å². The molecule has 1 atom stereocenters. The van der Waals surface area contributed by atoms with E-state index in [9.17, 15) is 13.2 Å². The molecule has 5 nitrogen and oxygen atoms in total. The van der Waals surface area contributed by atoms with Crippen LogP contribution < -0.4 is 10.1 Å². The van der Waals surface area contributed by atoms with Crippen molar-refractivity contribution in [2.24, 2.45) is 5.92 Å². The van der Waals surface area contributed by atoms with Crippen LogP contribution in [-0.4, -0.2) is 39.0 Å². The van der Waals surface area contributed by atoms with Crippen molar-refractivity contribution in [2.75, 3.05) is 24.7 Å². The summed E-state index contributed by atoms with van der Waals surface area (Å²) in [6, 6.07) is 6.98. The SMILES string of the molecule is O=C(CC1CCS(=O)(=O)C1)NCCOc1ccc(Cl)cc1. The molecule has 21 heavy (non-hydrogen) atoms. The Morgan fingerprint density at radius 2 is 2.05 bits per heavy atom. The van der Waals surface area contributed by atoms with Gasteiger partial charge in [-0.15, -0.1) is 0 Å². The highest BCUT2D eigenvalue weighted by molar-refractivity contribution is 7.91. The van der Waals surface area contributed by atoms with Crippen LogP contribution in [0.3, 0.4) is 0 Å². The number of sulfone groups is 1. The quantitative estimate of drug-likeness (QED) is 0.805. The number of nitrogens with one attached hydrogen (secondary N) is 1. The number of amides is 1. The third kappa shape index (κ3) is 5.55. The van der Waals surface area contributed by atoms with Gasteiger partial charge in [0.15, 0.2) is 9.84 Å². The molecular formula is C14H18ClNO4S. The summed E-state index contributed by atoms with van der Waals surface area (Å²) in [7, 11) is -2.92. The van der Waals surface area contributed by atoms with E-state index in [1.807, 2.05) is 0 Å². The Labute approximate surface area is 129 Å². The summed E-state index contributed by atoms with van der Waals surface area (Å²) in [5, 5.41) is 3.37. The van der Waals surface area contributed by atoms with Gasteiger partial charge in [-0.05, 0) is 36.6 Å². The fourth-order valence-electron chi connectivity index (χ4n) is 2.26. The second kappa shape index (κ2) is 7.13. The normalized spacial score (nSPS) is 20.1. The predicted molar refractivity (Wildman–Crippen MR) is 81.3 cm³/mol. The molecule has 7 heteroatoms. The number of hydrogen-bond donors (Lipinski definition) is 1. The first-order valence-corrected chi connectivity index (χ1v) is 9.00. The zero-order valence-corrected chi connectivity index (χ0v) is 13.1. The number of benzene rings is 1. The summed E-state index contributed by atoms with van der Waals surface area (Å²) in [4.78, 5) is 11.7. The number of rotatable bonds is 6. The molecule has 1 N–H and O–H groups in total. The minimum atomic E-state index is -2.92. The zero-order valence-electron chi connectivity index (χ0n) is 11.5. The van der Waals surface area contributed by atoms with Crippen LogP contribution in [0.25, 0.3) is 0 Å². The van der Waals surface area contributed by atoms with Gasteiger partial charge in [0.1, 0.15) is 12.4 Å². The van der Waals surface area contributed by atoms with Crippen molar-refractivity contribution < 1.29 is 17.9 Å². The van der Waals surface area contributed by atoms with E-state index in [1.165, 1.54) is 0 Å². The van der Waals surface area contributed by atoms with Crippen LogP contribution >= 0.6 is 11.6 Å². The molecule has 0 radical (unpaired) electrons. The van der Waals surface area contributed by atoms with E-state index < -0.39 is 9.84 Å². The van der Waals surface area contributed by atoms with E-state index in [0.29, 0.717) is 30.3 Å². The minimum Gasteiger partial charge on any atom is -0.492 e. The summed E-state index contributed by atoms with van der Waals surface area (Å²) in [6.07, 6.45) is 0.844. The number of carbonyl (C=O) groups excluding carboxylic acids is 1. The largest absolute Gasteiger partial charge is 0.492 e. The van der Waals surface area contributed by atoms with Gasteiger partial charge in [0, 0.05) is 11.4 Å². The van der Waals surface area contributed by atoms with E-state index in [0.717, 1.165) is 0 Å². The minimum absolute atomic E-state index is 0.0489. The second-order valence-corrected chi connectivity index (χ2v) is 7.79. The molecule has 1 unspecified atom stereocenters. The average molecular weight is 332 g/mol. The van der Waals surface area contributed by atoms with Gasteiger partial charge in [-0.3, -0.25) is 4.79 Å². The average Bonchev–Trinajstić information content (AvgIpc) is 2.76. The molecule has 1 amide bonds. The van der Waals surface area contributed by atoms with E-state index in [4.69, 9.17) is 16.3 Å². The van der Waals surface area contributed by atoms with E-state index >= 15 is 0 Å². The lowest BCUT2D eigenvalue weighted by Crippen LogP contribution is -2.29. The molecule has 0 saturated carbocycles. The maximum absolute atomic E-state index is 11.7. The molecule has 1 aliphatic rings. The van der Waals surface area contributed by atoms with Gasteiger partial charge in [0.05, 0.1) is 18.1 Å². The van der Waals surface area contributed by atoms with E-state index in [-0.39, 0.29) is 29.8 Å². The number of hydrogen-bond acceptors (Lipinski definition) is 4. The summed E-state index contributed by atoms with van der Waals surface area (Å²) in [6.45, 7) is 0.747.